The normalized spacial score (nSPS) is 14.8. The maximum Gasteiger partial charge on any atom is 0.344 e. The van der Waals surface area contributed by atoms with Crippen LogP contribution in [0.1, 0.15) is 34.8 Å². The van der Waals surface area contributed by atoms with Crippen LogP contribution in [0.25, 0.3) is 6.08 Å². The number of carbonyl (C=O) groups is 4. The number of thioether (sulfide) groups is 1. The third kappa shape index (κ3) is 12.6. The van der Waals surface area contributed by atoms with Crippen LogP contribution in [0.4, 0.5) is 27.5 Å². The number of esters is 1. The van der Waals surface area contributed by atoms with E-state index in [4.69, 9.17) is 21.1 Å². The molecule has 4 aromatic rings. The molecule has 2 aliphatic rings. The molecule has 0 bridgehead atoms. The Morgan fingerprint density at radius 2 is 1.75 bits per heavy atom. The third-order valence-corrected chi connectivity index (χ3v) is 10.0. The van der Waals surface area contributed by atoms with Gasteiger partial charge in [0.1, 0.15) is 22.2 Å². The summed E-state index contributed by atoms with van der Waals surface area (Å²) in [5.41, 5.74) is 9.59. The van der Waals surface area contributed by atoms with Crippen molar-refractivity contribution in [3.05, 3.63) is 136 Å². The van der Waals surface area contributed by atoms with E-state index in [0.29, 0.717) is 47.8 Å². The first-order valence-corrected chi connectivity index (χ1v) is 20.5. The number of phenols is 1. The standard InChI is InChI=1S/C44H46N10O8S/c1-2-61-43(59)38-39(57)37(63-42(38)51-31-7-4-3-5-8-31)20-27-9-14-36(35(56)19-27)62-18-6-17-54(46)25-30(45)24-49-41(58)29-21-33(50-26-55)23-34(22-29)53-44(60)52-32-12-10-28(11-13-32)40-47-15-16-48-40/h3-5,7-14,19-23,25-26,56-57H,2,6,15-18,24,45-46H2,1H3,(H,47,48)(H,49,58)(H,50,55)(H2,52,53,60)/b30-25-,37-20-,51-42?. The molecule has 0 radical (unpaired) electrons. The van der Waals surface area contributed by atoms with E-state index < -0.39 is 17.9 Å². The second kappa shape index (κ2) is 21.7. The molecule has 63 heavy (non-hydrogen) atoms. The number of aromatic hydroxyl groups is 1. The van der Waals surface area contributed by atoms with Crippen LogP contribution in [0.15, 0.2) is 129 Å². The number of benzene rings is 4. The van der Waals surface area contributed by atoms with Crippen molar-refractivity contribution in [3.63, 3.8) is 0 Å². The smallest absolute Gasteiger partial charge is 0.344 e. The van der Waals surface area contributed by atoms with Crippen molar-refractivity contribution in [2.24, 2.45) is 21.6 Å². The minimum absolute atomic E-state index is 0.0370. The first-order chi connectivity index (χ1) is 30.5. The lowest BCUT2D eigenvalue weighted by Gasteiger charge is -2.16. The number of anilines is 3. The Morgan fingerprint density at radius 3 is 2.46 bits per heavy atom. The van der Waals surface area contributed by atoms with Gasteiger partial charge in [0, 0.05) is 59.6 Å². The van der Waals surface area contributed by atoms with Crippen LogP contribution in [0, 0.1) is 0 Å². The molecular weight excluding hydrogens is 829 g/mol. The van der Waals surface area contributed by atoms with E-state index in [-0.39, 0.29) is 70.3 Å². The Balaban J connectivity index is 0.970. The van der Waals surface area contributed by atoms with E-state index in [2.05, 4.69) is 36.6 Å². The SMILES string of the molecule is CCOC(=O)C1=C(O)/C(=C/c2ccc(OCCCN(N)/C=C(\N)CNC(=O)c3cc(NC=O)cc(NC(=O)Nc4ccc(C5=NCCN5)cc4)c3)c(O)c2)SC1=Nc1ccccc1. The number of aliphatic hydroxyl groups is 1. The second-order valence-electron chi connectivity index (χ2n) is 13.7. The number of aliphatic imine (C=N–C) groups is 2. The van der Waals surface area contributed by atoms with E-state index in [1.54, 1.807) is 49.4 Å². The number of nitrogens with zero attached hydrogens (tertiary/aromatic N) is 3. The third-order valence-electron chi connectivity index (χ3n) is 9.01. The minimum atomic E-state index is -0.695. The van der Waals surface area contributed by atoms with Crippen LogP contribution in [0.3, 0.4) is 0 Å². The van der Waals surface area contributed by atoms with Crippen molar-refractivity contribution in [2.45, 2.75) is 13.3 Å². The average Bonchev–Trinajstić information content (AvgIpc) is 3.91. The molecule has 0 fully saturated rings. The van der Waals surface area contributed by atoms with Crippen LogP contribution >= 0.6 is 11.8 Å². The molecule has 4 aromatic carbocycles. The van der Waals surface area contributed by atoms with Gasteiger partial charge in [-0.05, 0) is 85.3 Å². The number of hydrazine groups is 1. The Morgan fingerprint density at radius 1 is 0.984 bits per heavy atom. The van der Waals surface area contributed by atoms with Gasteiger partial charge in [-0.15, -0.1) is 0 Å². The van der Waals surface area contributed by atoms with Crippen LogP contribution in [0.5, 0.6) is 11.5 Å². The predicted molar refractivity (Wildman–Crippen MR) is 244 cm³/mol. The van der Waals surface area contributed by atoms with Gasteiger partial charge >= 0.3 is 12.0 Å². The molecule has 18 nitrogen and oxygen atoms in total. The minimum Gasteiger partial charge on any atom is -0.506 e. The molecule has 0 atom stereocenters. The van der Waals surface area contributed by atoms with Gasteiger partial charge in [0.2, 0.25) is 6.41 Å². The molecule has 0 unspecified atom stereocenters. The van der Waals surface area contributed by atoms with Gasteiger partial charge in [0.15, 0.2) is 11.5 Å². The molecule has 0 saturated carbocycles. The first-order valence-electron chi connectivity index (χ1n) is 19.7. The maximum atomic E-state index is 13.1. The monoisotopic (exact) mass is 874 g/mol. The highest BCUT2D eigenvalue weighted by atomic mass is 32.2. The number of phenolic OH excluding ortho intramolecular Hbond substituents is 1. The molecule has 19 heteroatoms. The number of nitrogens with two attached hydrogens (primary N) is 2. The van der Waals surface area contributed by atoms with Gasteiger partial charge < -0.3 is 57.0 Å². The van der Waals surface area contributed by atoms with Gasteiger partial charge in [-0.25, -0.2) is 20.4 Å². The zero-order chi connectivity index (χ0) is 44.7. The fourth-order valence-electron chi connectivity index (χ4n) is 6.12. The van der Waals surface area contributed by atoms with Crippen molar-refractivity contribution < 1.29 is 38.9 Å². The van der Waals surface area contributed by atoms with E-state index in [1.807, 2.05) is 30.3 Å². The summed E-state index contributed by atoms with van der Waals surface area (Å²) in [5, 5.41) is 37.1. The highest BCUT2D eigenvalue weighted by molar-refractivity contribution is 8.18. The molecule has 0 aliphatic carbocycles. The van der Waals surface area contributed by atoms with Gasteiger partial charge in [-0.3, -0.25) is 14.6 Å². The number of hydrogen-bond acceptors (Lipinski definition) is 15. The Bertz CT molecular complexity index is 2490. The fraction of sp³-hybridized carbons (Fsp3) is 0.182. The number of para-hydroxylation sites is 1. The lowest BCUT2D eigenvalue weighted by Crippen LogP contribution is -2.32. The predicted octanol–water partition coefficient (Wildman–Crippen LogP) is 5.32. The molecule has 11 N–H and O–H groups in total. The lowest BCUT2D eigenvalue weighted by atomic mass is 10.1. The number of hydrogen-bond donors (Lipinski definition) is 9. The zero-order valence-electron chi connectivity index (χ0n) is 34.1. The van der Waals surface area contributed by atoms with Crippen LogP contribution in [-0.2, 0) is 14.3 Å². The van der Waals surface area contributed by atoms with Crippen molar-refractivity contribution in [1.82, 2.24) is 15.6 Å². The van der Waals surface area contributed by atoms with E-state index >= 15 is 0 Å². The second-order valence-corrected chi connectivity index (χ2v) is 14.8. The molecule has 4 amide bonds. The van der Waals surface area contributed by atoms with Gasteiger partial charge in [0.05, 0.1) is 36.9 Å². The molecule has 326 valence electrons. The van der Waals surface area contributed by atoms with Crippen molar-refractivity contribution in [1.29, 1.82) is 0 Å². The summed E-state index contributed by atoms with van der Waals surface area (Å²) < 4.78 is 10.9. The molecule has 0 saturated heterocycles. The largest absolute Gasteiger partial charge is 0.506 e. The summed E-state index contributed by atoms with van der Waals surface area (Å²) in [6, 6.07) is 24.8. The molecule has 6 rings (SSSR count). The quantitative estimate of drug-likeness (QED) is 0.0202. The number of rotatable bonds is 18. The topological polar surface area (TPSA) is 267 Å². The fourth-order valence-corrected chi connectivity index (χ4v) is 7.16. The van der Waals surface area contributed by atoms with Crippen LogP contribution < -0.4 is 42.9 Å². The molecular formula is C44H46N10O8S. The average molecular weight is 875 g/mol. The molecule has 2 aliphatic heterocycles. The summed E-state index contributed by atoms with van der Waals surface area (Å²) in [5.74, 6) is 5.50. The number of nitrogens with one attached hydrogen (secondary N) is 5. The van der Waals surface area contributed by atoms with Crippen molar-refractivity contribution in [3.8, 4) is 11.5 Å². The Kier molecular flexibility index (Phi) is 15.4. The van der Waals surface area contributed by atoms with Gasteiger partial charge in [-0.1, -0.05) is 36.0 Å². The molecule has 0 spiro atoms. The van der Waals surface area contributed by atoms with Crippen molar-refractivity contribution in [2.75, 3.05) is 55.3 Å². The van der Waals surface area contributed by atoms with E-state index in [9.17, 15) is 29.4 Å². The molecule has 0 aromatic heterocycles. The summed E-state index contributed by atoms with van der Waals surface area (Å²) in [4.78, 5) is 59.1. The summed E-state index contributed by atoms with van der Waals surface area (Å²) in [6.07, 6.45) is 3.97. The zero-order valence-corrected chi connectivity index (χ0v) is 34.9. The molecule has 2 heterocycles. The highest BCUT2D eigenvalue weighted by Gasteiger charge is 2.33. The van der Waals surface area contributed by atoms with E-state index in [0.717, 1.165) is 29.7 Å². The Hall–Kier alpha value is -7.77. The lowest BCUT2D eigenvalue weighted by molar-refractivity contribution is -0.138. The van der Waals surface area contributed by atoms with Crippen molar-refractivity contribution >= 4 is 75.8 Å². The number of ether oxygens (including phenoxy) is 2. The number of carbonyl (C=O) groups excluding carboxylic acids is 4. The highest BCUT2D eigenvalue weighted by Crippen LogP contribution is 2.41. The number of aliphatic hydroxyl groups excluding tert-OH is 1. The summed E-state index contributed by atoms with van der Waals surface area (Å²) in [7, 11) is 0. The number of amides is 4. The van der Waals surface area contributed by atoms with Crippen LogP contribution in [0.2, 0.25) is 0 Å². The maximum absolute atomic E-state index is 13.1. The van der Waals surface area contributed by atoms with Gasteiger partial charge in [-0.2, -0.15) is 0 Å². The first kappa shape index (κ1) is 44.8. The summed E-state index contributed by atoms with van der Waals surface area (Å²) >= 11 is 1.11. The van der Waals surface area contributed by atoms with Gasteiger partial charge in [0.25, 0.3) is 5.91 Å². The number of urea groups is 1. The number of amidine groups is 1. The summed E-state index contributed by atoms with van der Waals surface area (Å²) in [6.45, 7) is 3.72. The van der Waals surface area contributed by atoms with E-state index in [1.165, 1.54) is 35.5 Å². The van der Waals surface area contributed by atoms with Crippen LogP contribution in [-0.4, -0.2) is 89.8 Å². The Labute approximate surface area is 366 Å².